The zero-order valence-electron chi connectivity index (χ0n) is 17.8. The maximum atomic E-state index is 4.59. The Bertz CT molecular complexity index is 1160. The van der Waals surface area contributed by atoms with Gasteiger partial charge in [0.15, 0.2) is 10.3 Å². The van der Waals surface area contributed by atoms with Crippen molar-refractivity contribution in [3.8, 4) is 0 Å². The van der Waals surface area contributed by atoms with Crippen molar-refractivity contribution >= 4 is 51.1 Å². The van der Waals surface area contributed by atoms with Crippen LogP contribution in [0.5, 0.6) is 0 Å². The molecule has 4 rings (SSSR count). The lowest BCUT2D eigenvalue weighted by Crippen LogP contribution is -2.03. The molecule has 0 bridgehead atoms. The summed E-state index contributed by atoms with van der Waals surface area (Å²) in [6, 6.07) is 11.6. The van der Waals surface area contributed by atoms with Crippen molar-refractivity contribution in [2.24, 2.45) is 0 Å². The fourth-order valence-corrected chi connectivity index (χ4v) is 4.72. The van der Waals surface area contributed by atoms with Gasteiger partial charge in [-0.05, 0) is 87.6 Å². The molecule has 1 N–H and O–H groups in total. The van der Waals surface area contributed by atoms with Gasteiger partial charge in [0.05, 0.1) is 0 Å². The van der Waals surface area contributed by atoms with Gasteiger partial charge in [0, 0.05) is 32.9 Å². The van der Waals surface area contributed by atoms with E-state index in [4.69, 9.17) is 0 Å². The summed E-state index contributed by atoms with van der Waals surface area (Å²) in [7, 11) is 0. The molecule has 0 saturated carbocycles. The fourth-order valence-electron chi connectivity index (χ4n) is 2.79. The molecule has 0 atom stereocenters. The van der Waals surface area contributed by atoms with Gasteiger partial charge < -0.3 is 5.32 Å². The first-order valence-corrected chi connectivity index (χ1v) is 12.0. The van der Waals surface area contributed by atoms with Crippen molar-refractivity contribution in [3.63, 3.8) is 0 Å². The Morgan fingerprint density at radius 3 is 1.44 bits per heavy atom. The van der Waals surface area contributed by atoms with Gasteiger partial charge in [-0.3, -0.25) is 0 Å². The molecular weight excluding hydrogens is 508 g/mol. The van der Waals surface area contributed by atoms with Crippen LogP contribution in [0, 0.1) is 27.7 Å². The van der Waals surface area contributed by atoms with Crippen LogP contribution in [-0.2, 0) is 0 Å². The number of anilines is 2. The second-order valence-electron chi connectivity index (χ2n) is 6.93. The van der Waals surface area contributed by atoms with E-state index < -0.39 is 0 Å². The van der Waals surface area contributed by atoms with Crippen LogP contribution in [0.1, 0.15) is 22.8 Å². The van der Waals surface area contributed by atoms with Gasteiger partial charge in [0.2, 0.25) is 16.3 Å². The molecule has 0 radical (unpaired) electrons. The lowest BCUT2D eigenvalue weighted by molar-refractivity contribution is 0.797. The lowest BCUT2D eigenvalue weighted by Gasteiger charge is -2.09. The van der Waals surface area contributed by atoms with E-state index in [2.05, 4.69) is 56.1 Å². The highest BCUT2D eigenvalue weighted by Gasteiger charge is 2.14. The smallest absolute Gasteiger partial charge is 0.232 e. The molecular formula is C21H19BrN8S2. The Morgan fingerprint density at radius 1 is 0.594 bits per heavy atom. The Morgan fingerprint density at radius 2 is 1.00 bits per heavy atom. The second-order valence-corrected chi connectivity index (χ2v) is 9.71. The molecule has 0 fully saturated rings. The van der Waals surface area contributed by atoms with Crippen molar-refractivity contribution in [3.05, 3.63) is 63.6 Å². The second kappa shape index (κ2) is 9.88. The van der Waals surface area contributed by atoms with E-state index in [-0.39, 0.29) is 0 Å². The third kappa shape index (κ3) is 6.21. The molecule has 4 aromatic rings. The van der Waals surface area contributed by atoms with Gasteiger partial charge in [-0.2, -0.15) is 15.0 Å². The van der Waals surface area contributed by atoms with Gasteiger partial charge in [0.1, 0.15) is 0 Å². The highest BCUT2D eigenvalue weighted by molar-refractivity contribution is 9.10. The highest BCUT2D eigenvalue weighted by Crippen LogP contribution is 2.28. The van der Waals surface area contributed by atoms with Crippen LogP contribution in [-0.4, -0.2) is 34.9 Å². The number of hydrogen-bond acceptors (Lipinski definition) is 10. The molecule has 1 aromatic carbocycles. The summed E-state index contributed by atoms with van der Waals surface area (Å²) >= 11 is 6.02. The van der Waals surface area contributed by atoms with Gasteiger partial charge in [-0.15, -0.1) is 0 Å². The number of aromatic nitrogens is 7. The van der Waals surface area contributed by atoms with Crippen LogP contribution < -0.4 is 5.32 Å². The maximum absolute atomic E-state index is 4.59. The molecule has 11 heteroatoms. The van der Waals surface area contributed by atoms with Crippen molar-refractivity contribution in [1.29, 1.82) is 0 Å². The quantitative estimate of drug-likeness (QED) is 0.324. The summed E-state index contributed by atoms with van der Waals surface area (Å²) in [6.07, 6.45) is 0. The van der Waals surface area contributed by atoms with Crippen molar-refractivity contribution in [2.75, 3.05) is 5.32 Å². The van der Waals surface area contributed by atoms with Crippen LogP contribution in [0.25, 0.3) is 0 Å². The molecule has 0 saturated heterocycles. The number of aryl methyl sites for hydroxylation is 4. The molecule has 0 aliphatic heterocycles. The van der Waals surface area contributed by atoms with E-state index in [1.807, 2.05) is 64.1 Å². The predicted octanol–water partition coefficient (Wildman–Crippen LogP) is 5.49. The summed E-state index contributed by atoms with van der Waals surface area (Å²) in [5, 5.41) is 5.37. The van der Waals surface area contributed by atoms with Crippen molar-refractivity contribution in [1.82, 2.24) is 34.9 Å². The van der Waals surface area contributed by atoms with Crippen LogP contribution in [0.4, 0.5) is 11.6 Å². The van der Waals surface area contributed by atoms with E-state index >= 15 is 0 Å². The van der Waals surface area contributed by atoms with E-state index in [1.54, 1.807) is 0 Å². The first-order chi connectivity index (χ1) is 15.3. The zero-order chi connectivity index (χ0) is 22.7. The van der Waals surface area contributed by atoms with Crippen LogP contribution >= 0.6 is 39.5 Å². The van der Waals surface area contributed by atoms with E-state index in [0.29, 0.717) is 26.6 Å². The maximum Gasteiger partial charge on any atom is 0.232 e. The van der Waals surface area contributed by atoms with E-state index in [9.17, 15) is 0 Å². The molecule has 162 valence electrons. The number of benzene rings is 1. The van der Waals surface area contributed by atoms with Crippen molar-refractivity contribution < 1.29 is 0 Å². The van der Waals surface area contributed by atoms with E-state index in [0.717, 1.165) is 32.9 Å². The molecule has 0 spiro atoms. The predicted molar refractivity (Wildman–Crippen MR) is 129 cm³/mol. The molecule has 8 nitrogen and oxygen atoms in total. The Balaban J connectivity index is 1.68. The van der Waals surface area contributed by atoms with Crippen LogP contribution in [0.3, 0.4) is 0 Å². The third-order valence-electron chi connectivity index (χ3n) is 3.98. The summed E-state index contributed by atoms with van der Waals surface area (Å²) in [6.45, 7) is 7.74. The monoisotopic (exact) mass is 526 g/mol. The summed E-state index contributed by atoms with van der Waals surface area (Å²) in [5.41, 5.74) is 4.42. The standard InChI is InChI=1S/C21H19BrN8S2/c1-11-9-12(2)24-18(23-11)31-20-28-17(27-16-7-5-15(22)6-8-16)29-21(30-20)32-19-25-13(3)10-14(4)26-19/h5-10H,1-4H3,(H,27,28,29,30). The van der Waals surface area contributed by atoms with E-state index in [1.165, 1.54) is 23.5 Å². The zero-order valence-corrected chi connectivity index (χ0v) is 21.0. The Hall–Kier alpha value is -2.63. The molecule has 0 aliphatic rings. The fraction of sp³-hybridized carbons (Fsp3) is 0.190. The van der Waals surface area contributed by atoms with Crippen LogP contribution in [0.15, 0.2) is 61.5 Å². The number of hydrogen-bond donors (Lipinski definition) is 1. The molecule has 3 aromatic heterocycles. The van der Waals surface area contributed by atoms with Crippen molar-refractivity contribution in [2.45, 2.75) is 48.3 Å². The van der Waals surface area contributed by atoms with Gasteiger partial charge in [-0.25, -0.2) is 19.9 Å². The summed E-state index contributed by atoms with van der Waals surface area (Å²) < 4.78 is 0.991. The average molecular weight is 527 g/mol. The summed E-state index contributed by atoms with van der Waals surface area (Å²) in [4.78, 5) is 31.7. The van der Waals surface area contributed by atoms with Gasteiger partial charge >= 0.3 is 0 Å². The highest BCUT2D eigenvalue weighted by atomic mass is 79.9. The number of nitrogens with zero attached hydrogens (tertiary/aromatic N) is 7. The lowest BCUT2D eigenvalue weighted by atomic mass is 10.3. The van der Waals surface area contributed by atoms with Gasteiger partial charge in [-0.1, -0.05) is 15.9 Å². The normalized spacial score (nSPS) is 10.9. The first-order valence-electron chi connectivity index (χ1n) is 9.61. The number of halogens is 1. The topological polar surface area (TPSA) is 102 Å². The summed E-state index contributed by atoms with van der Waals surface area (Å²) in [5.74, 6) is 0.418. The minimum absolute atomic E-state index is 0.418. The SMILES string of the molecule is Cc1cc(C)nc(Sc2nc(Nc3ccc(Br)cc3)nc(Sc3nc(C)cc(C)n3)n2)n1. The molecule has 0 unspecified atom stereocenters. The average Bonchev–Trinajstić information content (AvgIpc) is 2.68. The number of nitrogens with one attached hydrogen (secondary N) is 1. The molecule has 0 aliphatic carbocycles. The minimum atomic E-state index is 0.418. The number of rotatable bonds is 6. The third-order valence-corrected chi connectivity index (χ3v) is 5.97. The largest absolute Gasteiger partial charge is 0.324 e. The molecule has 0 amide bonds. The minimum Gasteiger partial charge on any atom is -0.324 e. The Kier molecular flexibility index (Phi) is 6.97. The van der Waals surface area contributed by atoms with Crippen LogP contribution in [0.2, 0.25) is 0 Å². The molecule has 32 heavy (non-hydrogen) atoms. The molecule has 3 heterocycles. The Labute approximate surface area is 202 Å². The van der Waals surface area contributed by atoms with Gasteiger partial charge in [0.25, 0.3) is 0 Å². The first kappa shape index (κ1) is 22.6.